The number of hydrogen-bond acceptors (Lipinski definition) is 1. The van der Waals surface area contributed by atoms with Crippen molar-refractivity contribution in [2.75, 3.05) is 6.54 Å². The Hall–Kier alpha value is -2.17. The van der Waals surface area contributed by atoms with Gasteiger partial charge in [-0.3, -0.25) is 4.79 Å². The van der Waals surface area contributed by atoms with Crippen LogP contribution in [0.1, 0.15) is 46.2 Å². The van der Waals surface area contributed by atoms with Gasteiger partial charge in [0.15, 0.2) is 0 Å². The van der Waals surface area contributed by atoms with Crippen molar-refractivity contribution in [3.05, 3.63) is 57.9 Å². The molecule has 0 fully saturated rings. The maximum atomic E-state index is 14.0. The molecule has 1 N–H and O–H groups in total. The van der Waals surface area contributed by atoms with E-state index in [-0.39, 0.29) is 12.5 Å². The lowest BCUT2D eigenvalue weighted by molar-refractivity contribution is 0.0944. The molecule has 1 aromatic carbocycles. The van der Waals surface area contributed by atoms with Gasteiger partial charge < -0.3 is 9.88 Å². The van der Waals surface area contributed by atoms with E-state index in [1.54, 1.807) is 4.57 Å². The molecule has 0 aliphatic rings. The number of carbonyl (C=O) groups excluding carboxylic acids is 1. The Kier molecular flexibility index (Phi) is 5.19. The van der Waals surface area contributed by atoms with Crippen molar-refractivity contribution < 1.29 is 13.6 Å². The molecule has 0 saturated carbocycles. The quantitative estimate of drug-likeness (QED) is 0.891. The second-order valence-electron chi connectivity index (χ2n) is 5.76. The fraction of sp³-hybridized carbons (Fsp3) is 0.389. The Morgan fingerprint density at radius 1 is 1.17 bits per heavy atom. The minimum absolute atomic E-state index is 0.164. The third kappa shape index (κ3) is 3.44. The van der Waals surface area contributed by atoms with Crippen LogP contribution in [0, 0.1) is 32.4 Å². The number of nitrogens with zero attached hydrogens (tertiary/aromatic N) is 1. The molecule has 0 aliphatic heterocycles. The van der Waals surface area contributed by atoms with E-state index in [1.807, 2.05) is 27.7 Å². The summed E-state index contributed by atoms with van der Waals surface area (Å²) < 4.78 is 28.8. The molecule has 2 rings (SSSR count). The average molecular weight is 320 g/mol. The molecule has 0 aliphatic carbocycles. The van der Waals surface area contributed by atoms with Crippen LogP contribution in [0.4, 0.5) is 8.78 Å². The highest BCUT2D eigenvalue weighted by atomic mass is 19.1. The normalized spacial score (nSPS) is 10.9. The summed E-state index contributed by atoms with van der Waals surface area (Å²) in [7, 11) is 0. The van der Waals surface area contributed by atoms with Crippen LogP contribution in [0.15, 0.2) is 18.2 Å². The Labute approximate surface area is 135 Å². The molecule has 124 valence electrons. The molecule has 1 amide bonds. The zero-order chi connectivity index (χ0) is 17.1. The highest BCUT2D eigenvalue weighted by Crippen LogP contribution is 2.23. The van der Waals surface area contributed by atoms with E-state index in [4.69, 9.17) is 0 Å². The van der Waals surface area contributed by atoms with E-state index in [0.717, 1.165) is 29.3 Å². The fourth-order valence-electron chi connectivity index (χ4n) is 2.65. The van der Waals surface area contributed by atoms with Crippen molar-refractivity contribution >= 4 is 5.91 Å². The zero-order valence-corrected chi connectivity index (χ0v) is 14.0. The first-order chi connectivity index (χ1) is 10.9. The van der Waals surface area contributed by atoms with Gasteiger partial charge in [-0.05, 0) is 44.4 Å². The van der Waals surface area contributed by atoms with Crippen molar-refractivity contribution in [2.45, 2.75) is 40.7 Å². The van der Waals surface area contributed by atoms with Gasteiger partial charge in [-0.2, -0.15) is 0 Å². The van der Waals surface area contributed by atoms with Gasteiger partial charge in [0.25, 0.3) is 5.91 Å². The van der Waals surface area contributed by atoms with Crippen LogP contribution in [0.2, 0.25) is 0 Å². The number of hydrogen-bond donors (Lipinski definition) is 1. The third-order valence-electron chi connectivity index (χ3n) is 4.23. The maximum Gasteiger partial charge on any atom is 0.268 e. The van der Waals surface area contributed by atoms with Crippen LogP contribution in [-0.2, 0) is 6.54 Å². The second-order valence-corrected chi connectivity index (χ2v) is 5.76. The smallest absolute Gasteiger partial charge is 0.268 e. The molecule has 0 bridgehead atoms. The van der Waals surface area contributed by atoms with Crippen LogP contribution in [-0.4, -0.2) is 17.0 Å². The number of rotatable bonds is 5. The summed E-state index contributed by atoms with van der Waals surface area (Å²) in [5.41, 5.74) is 3.70. The number of aromatic nitrogens is 1. The highest BCUT2D eigenvalue weighted by molar-refractivity contribution is 5.95. The van der Waals surface area contributed by atoms with Crippen molar-refractivity contribution in [1.29, 1.82) is 0 Å². The fourth-order valence-corrected chi connectivity index (χ4v) is 2.65. The summed E-state index contributed by atoms with van der Waals surface area (Å²) >= 11 is 0. The number of nitrogens with one attached hydrogen (secondary N) is 1. The third-order valence-corrected chi connectivity index (χ3v) is 4.23. The molecule has 1 heterocycles. The minimum atomic E-state index is -0.608. The lowest BCUT2D eigenvalue weighted by atomic mass is 10.1. The molecule has 23 heavy (non-hydrogen) atoms. The second kappa shape index (κ2) is 6.94. The molecule has 0 radical (unpaired) electrons. The van der Waals surface area contributed by atoms with E-state index in [1.165, 1.54) is 12.1 Å². The van der Waals surface area contributed by atoms with Crippen LogP contribution in [0.5, 0.6) is 0 Å². The highest BCUT2D eigenvalue weighted by Gasteiger charge is 2.21. The van der Waals surface area contributed by atoms with Gasteiger partial charge in [-0.1, -0.05) is 13.0 Å². The molecule has 0 spiro atoms. The standard InChI is InChI=1S/C18H22F2N2O/c1-5-8-21-18(23)17-12(3)11(2)13(4)22(17)10-14-6-7-15(19)9-16(14)20/h6-7,9H,5,8,10H2,1-4H3,(H,21,23). The molecule has 0 saturated heterocycles. The Balaban J connectivity index is 2.45. The van der Waals surface area contributed by atoms with E-state index in [2.05, 4.69) is 5.32 Å². The Morgan fingerprint density at radius 2 is 1.87 bits per heavy atom. The van der Waals surface area contributed by atoms with Gasteiger partial charge in [-0.15, -0.1) is 0 Å². The van der Waals surface area contributed by atoms with Gasteiger partial charge in [0, 0.05) is 23.9 Å². The monoisotopic (exact) mass is 320 g/mol. The van der Waals surface area contributed by atoms with Crippen molar-refractivity contribution in [2.24, 2.45) is 0 Å². The maximum absolute atomic E-state index is 14.0. The predicted molar refractivity (Wildman–Crippen MR) is 86.7 cm³/mol. The molecule has 2 aromatic rings. The zero-order valence-electron chi connectivity index (χ0n) is 14.0. The summed E-state index contributed by atoms with van der Waals surface area (Å²) in [5.74, 6) is -1.37. The average Bonchev–Trinajstić information content (AvgIpc) is 2.72. The molecule has 5 heteroatoms. The molecule has 0 unspecified atom stereocenters. The van der Waals surface area contributed by atoms with Crippen molar-refractivity contribution in [3.8, 4) is 0 Å². The van der Waals surface area contributed by atoms with Gasteiger partial charge >= 0.3 is 0 Å². The largest absolute Gasteiger partial charge is 0.351 e. The van der Waals surface area contributed by atoms with E-state index in [0.29, 0.717) is 17.8 Å². The first-order valence-electron chi connectivity index (χ1n) is 7.75. The minimum Gasteiger partial charge on any atom is -0.351 e. The van der Waals surface area contributed by atoms with Crippen LogP contribution in [0.3, 0.4) is 0 Å². The molecular weight excluding hydrogens is 298 g/mol. The lowest BCUT2D eigenvalue weighted by Crippen LogP contribution is -2.27. The Morgan fingerprint density at radius 3 is 2.48 bits per heavy atom. The topological polar surface area (TPSA) is 34.0 Å². The SMILES string of the molecule is CCCNC(=O)c1c(C)c(C)c(C)n1Cc1ccc(F)cc1F. The summed E-state index contributed by atoms with van der Waals surface area (Å²) in [6, 6.07) is 3.51. The number of carbonyl (C=O) groups is 1. The number of amides is 1. The van der Waals surface area contributed by atoms with Crippen LogP contribution < -0.4 is 5.32 Å². The number of halogens is 2. The van der Waals surface area contributed by atoms with Crippen LogP contribution >= 0.6 is 0 Å². The van der Waals surface area contributed by atoms with Crippen molar-refractivity contribution in [1.82, 2.24) is 9.88 Å². The van der Waals surface area contributed by atoms with E-state index >= 15 is 0 Å². The van der Waals surface area contributed by atoms with E-state index < -0.39 is 11.6 Å². The molecular formula is C18H22F2N2O. The molecule has 1 aromatic heterocycles. The Bertz CT molecular complexity index is 735. The number of benzene rings is 1. The molecule has 0 atom stereocenters. The van der Waals surface area contributed by atoms with Gasteiger partial charge in [0.2, 0.25) is 0 Å². The predicted octanol–water partition coefficient (Wildman–Crippen LogP) is 3.88. The van der Waals surface area contributed by atoms with Gasteiger partial charge in [-0.25, -0.2) is 8.78 Å². The first-order valence-corrected chi connectivity index (χ1v) is 7.75. The van der Waals surface area contributed by atoms with Crippen LogP contribution in [0.25, 0.3) is 0 Å². The first kappa shape index (κ1) is 17.2. The summed E-state index contributed by atoms with van der Waals surface area (Å²) in [6.45, 7) is 8.50. The summed E-state index contributed by atoms with van der Waals surface area (Å²) in [6.07, 6.45) is 0.843. The van der Waals surface area contributed by atoms with Gasteiger partial charge in [0.05, 0.1) is 6.54 Å². The molecule has 3 nitrogen and oxygen atoms in total. The van der Waals surface area contributed by atoms with Crippen molar-refractivity contribution in [3.63, 3.8) is 0 Å². The summed E-state index contributed by atoms with van der Waals surface area (Å²) in [5, 5.41) is 2.87. The van der Waals surface area contributed by atoms with E-state index in [9.17, 15) is 13.6 Å². The summed E-state index contributed by atoms with van der Waals surface area (Å²) in [4.78, 5) is 12.5. The lowest BCUT2D eigenvalue weighted by Gasteiger charge is -2.13. The van der Waals surface area contributed by atoms with Gasteiger partial charge in [0.1, 0.15) is 17.3 Å².